The summed E-state index contributed by atoms with van der Waals surface area (Å²) in [4.78, 5) is 14.3. The summed E-state index contributed by atoms with van der Waals surface area (Å²) in [5.74, 6) is 0.169. The highest BCUT2D eigenvalue weighted by atomic mass is 35.5. The highest BCUT2D eigenvalue weighted by Gasteiger charge is 2.23. The first-order valence-electron chi connectivity index (χ1n) is 6.24. The van der Waals surface area contributed by atoms with E-state index in [-0.39, 0.29) is 18.3 Å². The number of aryl methyl sites for hydroxylation is 1. The van der Waals surface area contributed by atoms with Gasteiger partial charge >= 0.3 is 0 Å². The normalized spacial score (nSPS) is 19.2. The number of hydrogen-bond acceptors (Lipinski definition) is 2. The van der Waals surface area contributed by atoms with Crippen LogP contribution in [0.15, 0.2) is 24.3 Å². The second-order valence-corrected chi connectivity index (χ2v) is 4.69. The van der Waals surface area contributed by atoms with Gasteiger partial charge in [0.15, 0.2) is 0 Å². The van der Waals surface area contributed by atoms with Crippen LogP contribution in [0.2, 0.25) is 0 Å². The molecule has 0 aromatic heterocycles. The fraction of sp³-hybridized carbons (Fsp3) is 0.500. The number of nitrogens with zero attached hydrogens (tertiary/aromatic N) is 1. The van der Waals surface area contributed by atoms with Crippen LogP contribution >= 0.6 is 12.4 Å². The maximum absolute atomic E-state index is 12.4. The number of carbonyl (C=O) groups excluding carboxylic acids is 1. The number of likely N-dealkylation sites (N-methyl/N-ethyl adjacent to an activating group) is 1. The highest BCUT2D eigenvalue weighted by Crippen LogP contribution is 2.15. The van der Waals surface area contributed by atoms with Crippen LogP contribution in [0.3, 0.4) is 0 Å². The number of piperidine rings is 1. The van der Waals surface area contributed by atoms with E-state index in [2.05, 4.69) is 5.32 Å². The highest BCUT2D eigenvalue weighted by molar-refractivity contribution is 5.95. The predicted molar refractivity (Wildman–Crippen MR) is 76.4 cm³/mol. The van der Waals surface area contributed by atoms with Gasteiger partial charge in [-0.05, 0) is 38.4 Å². The molecule has 0 radical (unpaired) electrons. The van der Waals surface area contributed by atoms with E-state index in [1.165, 1.54) is 0 Å². The molecule has 1 aliphatic heterocycles. The quantitative estimate of drug-likeness (QED) is 0.892. The van der Waals surface area contributed by atoms with Crippen molar-refractivity contribution in [2.45, 2.75) is 25.8 Å². The number of amides is 1. The lowest BCUT2D eigenvalue weighted by molar-refractivity contribution is 0.0697. The molecule has 1 fully saturated rings. The van der Waals surface area contributed by atoms with Gasteiger partial charge in [0, 0.05) is 24.7 Å². The summed E-state index contributed by atoms with van der Waals surface area (Å²) >= 11 is 0. The Kier molecular flexibility index (Phi) is 5.63. The summed E-state index contributed by atoms with van der Waals surface area (Å²) in [6.07, 6.45) is 2.25. The van der Waals surface area contributed by atoms with Crippen molar-refractivity contribution < 1.29 is 4.79 Å². The van der Waals surface area contributed by atoms with Gasteiger partial charge < -0.3 is 10.2 Å². The fourth-order valence-corrected chi connectivity index (χ4v) is 2.38. The molecule has 1 unspecified atom stereocenters. The lowest BCUT2D eigenvalue weighted by atomic mass is 10.0. The zero-order chi connectivity index (χ0) is 12.3. The Morgan fingerprint density at radius 2 is 2.11 bits per heavy atom. The molecule has 0 spiro atoms. The van der Waals surface area contributed by atoms with E-state index in [1.54, 1.807) is 0 Å². The van der Waals surface area contributed by atoms with E-state index in [1.807, 2.05) is 43.1 Å². The molecule has 1 saturated heterocycles. The summed E-state index contributed by atoms with van der Waals surface area (Å²) in [5, 5.41) is 3.26. The Morgan fingerprint density at radius 1 is 1.39 bits per heavy atom. The zero-order valence-electron chi connectivity index (χ0n) is 11.0. The van der Waals surface area contributed by atoms with Gasteiger partial charge in [0.25, 0.3) is 5.91 Å². The summed E-state index contributed by atoms with van der Waals surface area (Å²) in [6, 6.07) is 8.25. The van der Waals surface area contributed by atoms with Crippen molar-refractivity contribution in [3.05, 3.63) is 35.4 Å². The maximum atomic E-state index is 12.4. The van der Waals surface area contributed by atoms with Gasteiger partial charge in [-0.15, -0.1) is 12.4 Å². The monoisotopic (exact) mass is 268 g/mol. The van der Waals surface area contributed by atoms with Gasteiger partial charge in [0.1, 0.15) is 0 Å². The smallest absolute Gasteiger partial charge is 0.254 e. The topological polar surface area (TPSA) is 32.3 Å². The molecule has 18 heavy (non-hydrogen) atoms. The van der Waals surface area contributed by atoms with Crippen molar-refractivity contribution in [2.75, 3.05) is 20.1 Å². The second kappa shape index (κ2) is 6.76. The standard InChI is InChI=1S/C14H20N2O.ClH/c1-11-6-3-4-8-13(11)14(17)16-9-5-7-12(10-16)15-2;/h3-4,6,8,12,15H,5,7,9-10H2,1-2H3;1H. The Labute approximate surface area is 115 Å². The second-order valence-electron chi connectivity index (χ2n) is 4.69. The molecular weight excluding hydrogens is 248 g/mol. The van der Waals surface area contributed by atoms with Gasteiger partial charge in [0.2, 0.25) is 0 Å². The van der Waals surface area contributed by atoms with E-state index < -0.39 is 0 Å². The number of likely N-dealkylation sites (tertiary alicyclic amines) is 1. The van der Waals surface area contributed by atoms with Gasteiger partial charge in [-0.2, -0.15) is 0 Å². The van der Waals surface area contributed by atoms with E-state index >= 15 is 0 Å². The van der Waals surface area contributed by atoms with Crippen molar-refractivity contribution in [3.63, 3.8) is 0 Å². The van der Waals surface area contributed by atoms with Crippen molar-refractivity contribution in [1.29, 1.82) is 0 Å². The summed E-state index contributed by atoms with van der Waals surface area (Å²) in [6.45, 7) is 3.70. The third-order valence-corrected chi connectivity index (χ3v) is 3.49. The van der Waals surface area contributed by atoms with Crippen LogP contribution in [-0.4, -0.2) is 37.0 Å². The van der Waals surface area contributed by atoms with Crippen LogP contribution in [0.25, 0.3) is 0 Å². The first-order chi connectivity index (χ1) is 8.22. The fourth-order valence-electron chi connectivity index (χ4n) is 2.38. The Balaban J connectivity index is 0.00000162. The zero-order valence-corrected chi connectivity index (χ0v) is 11.8. The number of rotatable bonds is 2. The van der Waals surface area contributed by atoms with Crippen LogP contribution in [0.1, 0.15) is 28.8 Å². The molecule has 1 N–H and O–H groups in total. The van der Waals surface area contributed by atoms with Crippen molar-refractivity contribution in [1.82, 2.24) is 10.2 Å². The largest absolute Gasteiger partial charge is 0.337 e. The summed E-state index contributed by atoms with van der Waals surface area (Å²) in [5.41, 5.74) is 1.90. The molecule has 100 valence electrons. The number of carbonyl (C=O) groups is 1. The Bertz CT molecular complexity index is 409. The molecule has 0 bridgehead atoms. The van der Waals surface area contributed by atoms with Crippen LogP contribution < -0.4 is 5.32 Å². The lowest BCUT2D eigenvalue weighted by Crippen LogP contribution is -2.47. The van der Waals surface area contributed by atoms with Gasteiger partial charge in [0.05, 0.1) is 0 Å². The summed E-state index contributed by atoms with van der Waals surface area (Å²) in [7, 11) is 1.96. The number of benzene rings is 1. The molecule has 1 heterocycles. The number of nitrogens with one attached hydrogen (secondary N) is 1. The molecule has 1 amide bonds. The van der Waals surface area contributed by atoms with Gasteiger partial charge in [-0.25, -0.2) is 0 Å². The van der Waals surface area contributed by atoms with Crippen molar-refractivity contribution in [2.24, 2.45) is 0 Å². The molecule has 1 atom stereocenters. The van der Waals surface area contributed by atoms with E-state index in [4.69, 9.17) is 0 Å². The Morgan fingerprint density at radius 3 is 2.78 bits per heavy atom. The lowest BCUT2D eigenvalue weighted by Gasteiger charge is -2.33. The number of hydrogen-bond donors (Lipinski definition) is 1. The van der Waals surface area contributed by atoms with E-state index in [0.717, 1.165) is 37.1 Å². The van der Waals surface area contributed by atoms with Crippen molar-refractivity contribution >= 4 is 18.3 Å². The minimum atomic E-state index is 0. The third kappa shape index (κ3) is 3.24. The predicted octanol–water partition coefficient (Wildman–Crippen LogP) is 2.24. The third-order valence-electron chi connectivity index (χ3n) is 3.49. The molecule has 4 heteroatoms. The SMILES string of the molecule is CNC1CCCN(C(=O)c2ccccc2C)C1.Cl. The van der Waals surface area contributed by atoms with Gasteiger partial charge in [-0.1, -0.05) is 18.2 Å². The average Bonchev–Trinajstić information content (AvgIpc) is 2.38. The van der Waals surface area contributed by atoms with Crippen molar-refractivity contribution in [3.8, 4) is 0 Å². The molecule has 0 saturated carbocycles. The van der Waals surface area contributed by atoms with Crippen LogP contribution in [-0.2, 0) is 0 Å². The Hall–Kier alpha value is -1.06. The molecule has 1 aromatic carbocycles. The first-order valence-corrected chi connectivity index (χ1v) is 6.24. The van der Waals surface area contributed by atoms with E-state index in [0.29, 0.717) is 6.04 Å². The minimum Gasteiger partial charge on any atom is -0.337 e. The van der Waals surface area contributed by atoms with E-state index in [9.17, 15) is 4.79 Å². The van der Waals surface area contributed by atoms with Gasteiger partial charge in [-0.3, -0.25) is 4.79 Å². The van der Waals surface area contributed by atoms with Crippen LogP contribution in [0.4, 0.5) is 0 Å². The molecular formula is C14H21ClN2O. The molecule has 1 aliphatic rings. The molecule has 3 nitrogen and oxygen atoms in total. The van der Waals surface area contributed by atoms with Crippen LogP contribution in [0, 0.1) is 6.92 Å². The minimum absolute atomic E-state index is 0. The molecule has 0 aliphatic carbocycles. The first kappa shape index (κ1) is 15.0. The average molecular weight is 269 g/mol. The molecule has 2 rings (SSSR count). The van der Waals surface area contributed by atoms with Crippen LogP contribution in [0.5, 0.6) is 0 Å². The summed E-state index contributed by atoms with van der Waals surface area (Å²) < 4.78 is 0. The number of halogens is 1. The maximum Gasteiger partial charge on any atom is 0.254 e. The molecule has 1 aromatic rings.